The van der Waals surface area contributed by atoms with Gasteiger partial charge in [0.1, 0.15) is 0 Å². The number of anilines is 1. The van der Waals surface area contributed by atoms with E-state index in [9.17, 15) is 8.42 Å². The smallest absolute Gasteiger partial charge is 0.212 e. The van der Waals surface area contributed by atoms with Gasteiger partial charge in [-0.25, -0.2) is 13.1 Å². The predicted molar refractivity (Wildman–Crippen MR) is 119 cm³/mol. The Hall–Kier alpha value is -1.60. The first-order valence-corrected chi connectivity index (χ1v) is 12.3. The van der Waals surface area contributed by atoms with E-state index in [0.717, 1.165) is 51.0 Å². The number of hydrogen-bond acceptors (Lipinski definition) is 4. The highest BCUT2D eigenvalue weighted by Crippen LogP contribution is 2.31. The fraction of sp³-hybridized carbons (Fsp3) is 0.455. The predicted octanol–water partition coefficient (Wildman–Crippen LogP) is 2.77. The molecule has 2 aliphatic rings. The van der Waals surface area contributed by atoms with Crippen LogP contribution in [0.4, 0.5) is 5.69 Å². The topological polar surface area (TPSA) is 61.4 Å². The van der Waals surface area contributed by atoms with E-state index in [4.69, 9.17) is 11.6 Å². The number of piperazine rings is 1. The van der Waals surface area contributed by atoms with Crippen LogP contribution in [0.3, 0.4) is 0 Å². The van der Waals surface area contributed by atoms with Crippen molar-refractivity contribution in [2.45, 2.75) is 31.7 Å². The van der Waals surface area contributed by atoms with Crippen molar-refractivity contribution >= 4 is 27.3 Å². The molecule has 1 fully saturated rings. The first kappa shape index (κ1) is 20.7. The number of aryl methyl sites for hydroxylation is 2. The molecule has 0 spiro atoms. The van der Waals surface area contributed by atoms with Crippen LogP contribution in [-0.4, -0.2) is 46.4 Å². The Balaban J connectivity index is 1.41. The van der Waals surface area contributed by atoms with Gasteiger partial charge in [0, 0.05) is 42.9 Å². The average Bonchev–Trinajstić information content (AvgIpc) is 2.73. The third kappa shape index (κ3) is 5.31. The van der Waals surface area contributed by atoms with Crippen molar-refractivity contribution in [3.05, 3.63) is 64.2 Å². The van der Waals surface area contributed by atoms with Gasteiger partial charge in [-0.15, -0.1) is 0 Å². The summed E-state index contributed by atoms with van der Waals surface area (Å²) in [6.07, 6.45) is 3.01. The summed E-state index contributed by atoms with van der Waals surface area (Å²) < 4.78 is 28.3. The molecule has 1 aliphatic carbocycles. The number of rotatable bonds is 6. The van der Waals surface area contributed by atoms with E-state index in [-0.39, 0.29) is 11.8 Å². The second-order valence-corrected chi connectivity index (χ2v) is 10.2. The minimum atomic E-state index is -3.34. The highest BCUT2D eigenvalue weighted by molar-refractivity contribution is 7.89. The molecule has 29 heavy (non-hydrogen) atoms. The van der Waals surface area contributed by atoms with Crippen molar-refractivity contribution in [2.75, 3.05) is 36.8 Å². The highest BCUT2D eigenvalue weighted by atomic mass is 35.5. The van der Waals surface area contributed by atoms with Gasteiger partial charge in [0.25, 0.3) is 0 Å². The lowest BCUT2D eigenvalue weighted by atomic mass is 9.87. The summed E-state index contributed by atoms with van der Waals surface area (Å²) >= 11 is 5.90. The zero-order valence-electron chi connectivity index (χ0n) is 16.5. The SMILES string of the molecule is O=S(=O)(CCc1ccc(Cl)cc1)N[C@@H]1CCc2cccc(N3CCNCC3)c2C1. The quantitative estimate of drug-likeness (QED) is 0.735. The first-order chi connectivity index (χ1) is 14.0. The van der Waals surface area contributed by atoms with Crippen LogP contribution in [0.5, 0.6) is 0 Å². The van der Waals surface area contributed by atoms with Crippen molar-refractivity contribution in [3.63, 3.8) is 0 Å². The van der Waals surface area contributed by atoms with Gasteiger partial charge in [0.2, 0.25) is 10.0 Å². The van der Waals surface area contributed by atoms with Gasteiger partial charge in [-0.05, 0) is 60.6 Å². The molecule has 0 aromatic heterocycles. The molecule has 156 valence electrons. The molecule has 1 heterocycles. The van der Waals surface area contributed by atoms with E-state index in [1.165, 1.54) is 16.8 Å². The standard InChI is InChI=1S/C22H28ClN3O2S/c23-19-7-4-17(5-8-19)10-15-29(27,28)25-20-9-6-18-2-1-3-22(21(18)16-20)26-13-11-24-12-14-26/h1-5,7-8,20,24-25H,6,9-16H2/t20-/m1/s1. The zero-order chi connectivity index (χ0) is 20.3. The number of fused-ring (bicyclic) bond motifs is 1. The van der Waals surface area contributed by atoms with Crippen LogP contribution in [0.2, 0.25) is 5.02 Å². The molecule has 0 saturated carbocycles. The summed E-state index contributed by atoms with van der Waals surface area (Å²) in [6.45, 7) is 3.97. The van der Waals surface area contributed by atoms with Gasteiger partial charge in [-0.1, -0.05) is 35.9 Å². The minimum Gasteiger partial charge on any atom is -0.369 e. The largest absolute Gasteiger partial charge is 0.369 e. The highest BCUT2D eigenvalue weighted by Gasteiger charge is 2.26. The number of sulfonamides is 1. The summed E-state index contributed by atoms with van der Waals surface area (Å²) in [5, 5.41) is 4.06. The van der Waals surface area contributed by atoms with Gasteiger partial charge in [0.15, 0.2) is 0 Å². The van der Waals surface area contributed by atoms with E-state index in [1.807, 2.05) is 12.1 Å². The normalized spacial score (nSPS) is 19.8. The molecule has 2 aromatic rings. The average molecular weight is 434 g/mol. The lowest BCUT2D eigenvalue weighted by Gasteiger charge is -2.34. The molecule has 0 unspecified atom stereocenters. The van der Waals surface area contributed by atoms with E-state index in [2.05, 4.69) is 33.1 Å². The Morgan fingerprint density at radius 3 is 2.62 bits per heavy atom. The van der Waals surface area contributed by atoms with Crippen LogP contribution in [0, 0.1) is 0 Å². The van der Waals surface area contributed by atoms with Crippen molar-refractivity contribution in [1.29, 1.82) is 0 Å². The van der Waals surface area contributed by atoms with Crippen molar-refractivity contribution in [2.24, 2.45) is 0 Å². The van der Waals surface area contributed by atoms with Crippen LogP contribution in [0.1, 0.15) is 23.1 Å². The molecule has 0 amide bonds. The number of hydrogen-bond donors (Lipinski definition) is 2. The maximum Gasteiger partial charge on any atom is 0.212 e. The minimum absolute atomic E-state index is 0.0400. The summed E-state index contributed by atoms with van der Waals surface area (Å²) in [5.74, 6) is 0.0947. The summed E-state index contributed by atoms with van der Waals surface area (Å²) in [7, 11) is -3.34. The molecular formula is C22H28ClN3O2S. The van der Waals surface area contributed by atoms with Gasteiger partial charge < -0.3 is 10.2 Å². The van der Waals surface area contributed by atoms with Crippen LogP contribution in [0.15, 0.2) is 42.5 Å². The van der Waals surface area contributed by atoms with Crippen LogP contribution >= 0.6 is 11.6 Å². The lowest BCUT2D eigenvalue weighted by Crippen LogP contribution is -2.45. The summed E-state index contributed by atoms with van der Waals surface area (Å²) in [5.41, 5.74) is 4.92. The van der Waals surface area contributed by atoms with Crippen LogP contribution < -0.4 is 14.9 Å². The first-order valence-electron chi connectivity index (χ1n) is 10.3. The molecule has 1 saturated heterocycles. The number of halogens is 1. The molecule has 7 heteroatoms. The second kappa shape index (κ2) is 9.04. The summed E-state index contributed by atoms with van der Waals surface area (Å²) in [4.78, 5) is 2.42. The van der Waals surface area contributed by atoms with E-state index in [1.54, 1.807) is 12.1 Å². The molecule has 0 radical (unpaired) electrons. The Morgan fingerprint density at radius 1 is 1.10 bits per heavy atom. The van der Waals surface area contributed by atoms with Crippen LogP contribution in [-0.2, 0) is 29.3 Å². The van der Waals surface area contributed by atoms with Crippen molar-refractivity contribution in [1.82, 2.24) is 10.0 Å². The van der Waals surface area contributed by atoms with Gasteiger partial charge >= 0.3 is 0 Å². The maximum absolute atomic E-state index is 12.7. The van der Waals surface area contributed by atoms with Gasteiger partial charge in [0.05, 0.1) is 5.75 Å². The van der Waals surface area contributed by atoms with Gasteiger partial charge in [-0.2, -0.15) is 0 Å². The maximum atomic E-state index is 12.7. The van der Waals surface area contributed by atoms with E-state index < -0.39 is 10.0 Å². The lowest BCUT2D eigenvalue weighted by molar-refractivity contribution is 0.505. The van der Waals surface area contributed by atoms with Crippen LogP contribution in [0.25, 0.3) is 0 Å². The van der Waals surface area contributed by atoms with E-state index >= 15 is 0 Å². The molecule has 4 rings (SSSR count). The molecule has 2 N–H and O–H groups in total. The Morgan fingerprint density at radius 2 is 1.86 bits per heavy atom. The summed E-state index contributed by atoms with van der Waals surface area (Å²) in [6, 6.07) is 13.8. The third-order valence-corrected chi connectivity index (χ3v) is 7.52. The monoisotopic (exact) mass is 433 g/mol. The third-order valence-electron chi connectivity index (χ3n) is 5.84. The zero-order valence-corrected chi connectivity index (χ0v) is 18.1. The molecular weight excluding hydrogens is 406 g/mol. The second-order valence-electron chi connectivity index (χ2n) is 7.90. The van der Waals surface area contributed by atoms with Crippen molar-refractivity contribution in [3.8, 4) is 0 Å². The fourth-order valence-electron chi connectivity index (χ4n) is 4.29. The van der Waals surface area contributed by atoms with Gasteiger partial charge in [-0.3, -0.25) is 0 Å². The Kier molecular flexibility index (Phi) is 6.44. The Bertz CT molecular complexity index is 941. The van der Waals surface area contributed by atoms with E-state index in [0.29, 0.717) is 11.4 Å². The number of benzene rings is 2. The number of nitrogens with one attached hydrogen (secondary N) is 2. The molecule has 5 nitrogen and oxygen atoms in total. The Labute approximate surface area is 178 Å². The molecule has 0 bridgehead atoms. The molecule has 1 atom stereocenters. The number of nitrogens with zero attached hydrogens (tertiary/aromatic N) is 1. The molecule has 2 aromatic carbocycles. The fourth-order valence-corrected chi connectivity index (χ4v) is 5.75. The molecule has 1 aliphatic heterocycles. The van der Waals surface area contributed by atoms with Crippen molar-refractivity contribution < 1.29 is 8.42 Å².